The van der Waals surface area contributed by atoms with Crippen LogP contribution in [0.2, 0.25) is 0 Å². The van der Waals surface area contributed by atoms with Crippen molar-refractivity contribution < 1.29 is 52.6 Å². The SMILES string of the molecule is COC(=O)[C@H](C)N(C)C(=O)[C@H](CC(N)=O)N(C)C(=O)[C@H](Cc1ccccc1)N(C)C(=O)[C@@H]1CCCN1C(=O)[C@H](C(C)C)N(C)C(=O)[C@@H](C(C)C)N(C)C(=O)[C@@H](NC(=O)OC(C)(C)C)C(C)C. The number of alkyl carbamates (subject to hydrolysis) is 1. The van der Waals surface area contributed by atoms with Crippen LogP contribution in [0.4, 0.5) is 4.79 Å². The largest absolute Gasteiger partial charge is 0.467 e. The van der Waals surface area contributed by atoms with Crippen LogP contribution in [0.15, 0.2) is 30.3 Å². The van der Waals surface area contributed by atoms with Gasteiger partial charge in [-0.3, -0.25) is 33.6 Å². The number of likely N-dealkylation sites (N-methyl/N-ethyl adjacent to an activating group) is 5. The molecule has 19 nitrogen and oxygen atoms in total. The van der Waals surface area contributed by atoms with Gasteiger partial charge in [0, 0.05) is 48.2 Å². The molecule has 370 valence electrons. The van der Waals surface area contributed by atoms with E-state index in [4.69, 9.17) is 15.2 Å². The quantitative estimate of drug-likeness (QED) is 0.180. The molecule has 0 aromatic heterocycles. The average Bonchev–Trinajstić information content (AvgIpc) is 3.74. The van der Waals surface area contributed by atoms with Crippen LogP contribution in [0, 0.1) is 17.8 Å². The van der Waals surface area contributed by atoms with E-state index < -0.39 is 120 Å². The molecule has 7 atom stereocenters. The topological polar surface area (TPSA) is 230 Å². The number of nitrogens with two attached hydrogens (primary N) is 1. The Hall–Kier alpha value is -5.75. The number of methoxy groups -OCH3 is 1. The predicted octanol–water partition coefficient (Wildman–Crippen LogP) is 2.28. The Morgan fingerprint density at radius 2 is 1.24 bits per heavy atom. The number of benzene rings is 1. The number of nitrogens with zero attached hydrogens (tertiary/aromatic N) is 6. The van der Waals surface area contributed by atoms with Crippen LogP contribution < -0.4 is 11.1 Å². The first-order valence-electron chi connectivity index (χ1n) is 22.5. The minimum Gasteiger partial charge on any atom is -0.467 e. The number of carbonyl (C=O) groups is 9. The van der Waals surface area contributed by atoms with Crippen LogP contribution >= 0.6 is 0 Å². The molecule has 0 saturated carbocycles. The summed E-state index contributed by atoms with van der Waals surface area (Å²) in [6, 6.07) is 0.968. The zero-order chi connectivity index (χ0) is 50.7. The van der Waals surface area contributed by atoms with Crippen molar-refractivity contribution in [1.29, 1.82) is 0 Å². The van der Waals surface area contributed by atoms with Gasteiger partial charge in [0.15, 0.2) is 0 Å². The van der Waals surface area contributed by atoms with Crippen molar-refractivity contribution in [2.45, 2.75) is 143 Å². The molecule has 1 aliphatic rings. The molecule has 0 bridgehead atoms. The monoisotopic (exact) mass is 929 g/mol. The lowest BCUT2D eigenvalue weighted by Gasteiger charge is -2.41. The van der Waals surface area contributed by atoms with Crippen LogP contribution in [0.1, 0.15) is 94.1 Å². The zero-order valence-corrected chi connectivity index (χ0v) is 41.9. The Labute approximate surface area is 391 Å². The summed E-state index contributed by atoms with van der Waals surface area (Å²) in [4.78, 5) is 131. The molecule has 1 aliphatic heterocycles. The van der Waals surface area contributed by atoms with E-state index in [1.807, 2.05) is 0 Å². The lowest BCUT2D eigenvalue weighted by atomic mass is 9.95. The van der Waals surface area contributed by atoms with Crippen molar-refractivity contribution >= 4 is 53.4 Å². The van der Waals surface area contributed by atoms with Gasteiger partial charge in [-0.25, -0.2) is 9.59 Å². The predicted molar refractivity (Wildman–Crippen MR) is 247 cm³/mol. The molecule has 2 rings (SSSR count). The van der Waals surface area contributed by atoms with Gasteiger partial charge < -0.3 is 49.9 Å². The van der Waals surface area contributed by atoms with E-state index >= 15 is 0 Å². The molecule has 19 heteroatoms. The maximum absolute atomic E-state index is 14.8. The van der Waals surface area contributed by atoms with Crippen molar-refractivity contribution in [2.24, 2.45) is 23.5 Å². The summed E-state index contributed by atoms with van der Waals surface area (Å²) in [6.45, 7) is 17.4. The van der Waals surface area contributed by atoms with Crippen LogP contribution in [0.25, 0.3) is 0 Å². The van der Waals surface area contributed by atoms with E-state index in [0.29, 0.717) is 12.0 Å². The molecule has 1 aromatic rings. The summed E-state index contributed by atoms with van der Waals surface area (Å²) in [5, 5.41) is 2.65. The number of likely N-dealkylation sites (tertiary alicyclic amines) is 1. The summed E-state index contributed by atoms with van der Waals surface area (Å²) in [6.07, 6.45) is -0.656. The minimum atomic E-state index is -1.44. The second-order valence-corrected chi connectivity index (χ2v) is 19.3. The van der Waals surface area contributed by atoms with Crippen molar-refractivity contribution in [3.8, 4) is 0 Å². The average molecular weight is 929 g/mol. The van der Waals surface area contributed by atoms with E-state index in [0.717, 1.165) is 9.80 Å². The van der Waals surface area contributed by atoms with Gasteiger partial charge in [0.25, 0.3) is 0 Å². The standard InChI is InChI=1S/C47H76N8O11/c1-27(2)36(49-46(64)66-47(8,9)10)42(60)53(14)37(28(3)4)43(61)54(15)38(29(5)6)44(62)55-24-20-23-32(55)39(57)51(12)33(25-31-21-18-17-19-22-31)41(59)52(13)34(26-35(48)56)40(58)50(11)30(7)45(63)65-16/h17-19,21-22,27-30,32-34,36-38H,20,23-26H2,1-16H3,(H2,48,56)(H,49,64)/t30-,32-,33-,34-,36-,37+,38-/m0/s1. The lowest BCUT2D eigenvalue weighted by Crippen LogP contribution is -2.62. The Bertz CT molecular complexity index is 1900. The van der Waals surface area contributed by atoms with E-state index in [2.05, 4.69) is 5.32 Å². The van der Waals surface area contributed by atoms with E-state index in [9.17, 15) is 43.2 Å². The number of nitrogens with one attached hydrogen (secondary N) is 1. The Balaban J connectivity index is 2.53. The van der Waals surface area contributed by atoms with Gasteiger partial charge >= 0.3 is 12.1 Å². The van der Waals surface area contributed by atoms with Gasteiger partial charge in [0.05, 0.1) is 13.5 Å². The normalized spacial score (nSPS) is 16.6. The fourth-order valence-corrected chi connectivity index (χ4v) is 8.24. The molecule has 0 radical (unpaired) electrons. The maximum atomic E-state index is 14.8. The number of amides is 8. The second-order valence-electron chi connectivity index (χ2n) is 19.3. The third-order valence-electron chi connectivity index (χ3n) is 12.1. The van der Waals surface area contributed by atoms with Crippen LogP contribution in [-0.2, 0) is 54.3 Å². The number of hydrogen-bond acceptors (Lipinski definition) is 11. The number of hydrogen-bond donors (Lipinski definition) is 2. The summed E-state index contributed by atoms with van der Waals surface area (Å²) >= 11 is 0. The summed E-state index contributed by atoms with van der Waals surface area (Å²) < 4.78 is 10.2. The first-order chi connectivity index (χ1) is 30.5. The third kappa shape index (κ3) is 14.4. The molecule has 3 N–H and O–H groups in total. The number of esters is 1. The molecule has 1 fully saturated rings. The van der Waals surface area contributed by atoms with Gasteiger partial charge in [-0.2, -0.15) is 0 Å². The van der Waals surface area contributed by atoms with Crippen LogP contribution in [0.3, 0.4) is 0 Å². The van der Waals surface area contributed by atoms with Gasteiger partial charge in [0.2, 0.25) is 41.4 Å². The Kier molecular flexibility index (Phi) is 20.6. The molecule has 0 unspecified atom stereocenters. The van der Waals surface area contributed by atoms with Gasteiger partial charge in [0.1, 0.15) is 47.9 Å². The minimum absolute atomic E-state index is 0.00154. The van der Waals surface area contributed by atoms with Crippen molar-refractivity contribution in [3.63, 3.8) is 0 Å². The molecular weight excluding hydrogens is 853 g/mol. The number of rotatable bonds is 20. The molecule has 0 aliphatic carbocycles. The second kappa shape index (κ2) is 24.1. The molecule has 1 heterocycles. The molecule has 1 saturated heterocycles. The lowest BCUT2D eigenvalue weighted by molar-refractivity contribution is -0.158. The Morgan fingerprint density at radius 1 is 0.712 bits per heavy atom. The summed E-state index contributed by atoms with van der Waals surface area (Å²) in [5.41, 5.74) is 5.43. The molecule has 1 aromatic carbocycles. The van der Waals surface area contributed by atoms with E-state index in [1.54, 1.807) is 92.6 Å². The van der Waals surface area contributed by atoms with Gasteiger partial charge in [-0.15, -0.1) is 0 Å². The molecule has 0 spiro atoms. The van der Waals surface area contributed by atoms with Crippen molar-refractivity contribution in [2.75, 3.05) is 48.9 Å². The number of ether oxygens (including phenoxy) is 2. The number of carbonyl (C=O) groups excluding carboxylic acids is 9. The van der Waals surface area contributed by atoms with Crippen molar-refractivity contribution in [1.82, 2.24) is 34.7 Å². The van der Waals surface area contributed by atoms with Crippen LogP contribution in [-0.4, -0.2) is 180 Å². The first-order valence-corrected chi connectivity index (χ1v) is 22.5. The fraction of sp³-hybridized carbons (Fsp3) is 0.681. The van der Waals surface area contributed by atoms with Gasteiger partial charge in [-0.1, -0.05) is 71.9 Å². The highest BCUT2D eigenvalue weighted by atomic mass is 16.6. The first kappa shape index (κ1) is 56.4. The van der Waals surface area contributed by atoms with E-state index in [1.165, 1.54) is 68.9 Å². The molecular formula is C47H76N8O11. The van der Waals surface area contributed by atoms with Gasteiger partial charge in [-0.05, 0) is 63.9 Å². The highest BCUT2D eigenvalue weighted by molar-refractivity contribution is 5.98. The van der Waals surface area contributed by atoms with Crippen molar-refractivity contribution in [3.05, 3.63) is 35.9 Å². The zero-order valence-electron chi connectivity index (χ0n) is 41.9. The third-order valence-corrected chi connectivity index (χ3v) is 12.1. The highest BCUT2D eigenvalue weighted by Crippen LogP contribution is 2.27. The van der Waals surface area contributed by atoms with Crippen LogP contribution in [0.5, 0.6) is 0 Å². The summed E-state index contributed by atoms with van der Waals surface area (Å²) in [5.74, 6) is -6.39. The summed E-state index contributed by atoms with van der Waals surface area (Å²) in [7, 11) is 8.25. The maximum Gasteiger partial charge on any atom is 0.408 e. The number of primary amides is 1. The molecule has 8 amide bonds. The van der Waals surface area contributed by atoms with E-state index in [-0.39, 0.29) is 25.3 Å². The Morgan fingerprint density at radius 3 is 1.73 bits per heavy atom. The smallest absolute Gasteiger partial charge is 0.408 e. The molecule has 66 heavy (non-hydrogen) atoms. The fourth-order valence-electron chi connectivity index (χ4n) is 8.24. The highest BCUT2D eigenvalue weighted by Gasteiger charge is 2.46.